The maximum Gasteiger partial charge on any atom is 0.259 e. The molecule has 0 spiro atoms. The van der Waals surface area contributed by atoms with E-state index >= 15 is 0 Å². The van der Waals surface area contributed by atoms with Gasteiger partial charge in [0.25, 0.3) is 5.91 Å². The maximum atomic E-state index is 12.5. The fourth-order valence-electron chi connectivity index (χ4n) is 4.22. The maximum absolute atomic E-state index is 12.5. The average molecular weight is 467 g/mol. The van der Waals surface area contributed by atoms with Crippen LogP contribution >= 0.6 is 0 Å². The molecule has 1 atom stereocenters. The zero-order valence-corrected chi connectivity index (χ0v) is 18.8. The normalized spacial score (nSPS) is 17.9. The molecule has 1 aliphatic rings. The smallest absolute Gasteiger partial charge is 0.259 e. The summed E-state index contributed by atoms with van der Waals surface area (Å²) < 4.78 is 3.40. The van der Waals surface area contributed by atoms with Gasteiger partial charge in [0.1, 0.15) is 0 Å². The minimum atomic E-state index is -1.56. The number of likely N-dealkylation sites (tertiary alicyclic amines) is 1. The van der Waals surface area contributed by atoms with Crippen LogP contribution in [0.1, 0.15) is 12.0 Å². The van der Waals surface area contributed by atoms with Gasteiger partial charge in [-0.2, -0.15) is 15.2 Å². The lowest BCUT2D eigenvalue weighted by molar-refractivity contribution is -0.143. The quantitative estimate of drug-likeness (QED) is 0.403. The number of aromatic nitrogens is 7. The van der Waals surface area contributed by atoms with Crippen molar-refractivity contribution in [1.82, 2.24) is 39.2 Å². The molecule has 6 rings (SSSR count). The fourth-order valence-corrected chi connectivity index (χ4v) is 4.22. The summed E-state index contributed by atoms with van der Waals surface area (Å²) >= 11 is 0. The Morgan fingerprint density at radius 1 is 1.11 bits per heavy atom. The van der Waals surface area contributed by atoms with Gasteiger partial charge in [0.2, 0.25) is 5.95 Å². The van der Waals surface area contributed by atoms with Crippen LogP contribution < -0.4 is 5.32 Å². The zero-order valence-electron chi connectivity index (χ0n) is 18.8. The predicted molar refractivity (Wildman–Crippen MR) is 127 cm³/mol. The van der Waals surface area contributed by atoms with E-state index in [4.69, 9.17) is 0 Å². The van der Waals surface area contributed by atoms with Crippen LogP contribution in [-0.4, -0.2) is 63.9 Å². The van der Waals surface area contributed by atoms with Crippen molar-refractivity contribution in [1.29, 1.82) is 0 Å². The molecule has 5 aromatic heterocycles. The molecule has 0 aliphatic carbocycles. The third kappa shape index (κ3) is 3.58. The van der Waals surface area contributed by atoms with Gasteiger partial charge >= 0.3 is 0 Å². The summed E-state index contributed by atoms with van der Waals surface area (Å²) in [5.74, 6) is 0.655. The summed E-state index contributed by atoms with van der Waals surface area (Å²) in [7, 11) is 1.68. The predicted octanol–water partition coefficient (Wildman–Crippen LogP) is 2.17. The second-order valence-corrected chi connectivity index (χ2v) is 8.40. The molecule has 0 aromatic carbocycles. The number of hydrogen-bond donors (Lipinski definition) is 2. The number of amides is 1. The highest BCUT2D eigenvalue weighted by Crippen LogP contribution is 2.34. The van der Waals surface area contributed by atoms with Crippen LogP contribution in [-0.2, 0) is 10.4 Å². The molecule has 6 heterocycles. The summed E-state index contributed by atoms with van der Waals surface area (Å²) in [5.41, 5.74) is 1.92. The van der Waals surface area contributed by atoms with Gasteiger partial charge in [0.15, 0.2) is 11.4 Å². The molecule has 5 aromatic rings. The van der Waals surface area contributed by atoms with Crippen molar-refractivity contribution in [2.24, 2.45) is 0 Å². The Morgan fingerprint density at radius 3 is 2.89 bits per heavy atom. The summed E-state index contributed by atoms with van der Waals surface area (Å²) in [6.45, 7) is 0.494. The van der Waals surface area contributed by atoms with Crippen molar-refractivity contribution in [3.8, 4) is 17.1 Å². The Balaban J connectivity index is 1.27. The molecule has 11 nitrogen and oxygen atoms in total. The zero-order chi connectivity index (χ0) is 24.0. The van der Waals surface area contributed by atoms with E-state index < -0.39 is 5.60 Å². The van der Waals surface area contributed by atoms with E-state index in [-0.39, 0.29) is 5.91 Å². The Morgan fingerprint density at radius 2 is 2.03 bits per heavy atom. The number of nitrogens with one attached hydrogen (secondary N) is 1. The standard InChI is InChI=1S/C24H21N9O2/c1-31-11-7-24(35,22(31)34)17-12-16(13-25-14-17)18-6-10-33(30-18)21-5-8-26-23(29-21)28-19-15-27-32-9-3-2-4-20(19)32/h2-6,8-10,12-15,35H,7,11H2,1H3,(H,26,28,29)/t24-/m0/s1. The van der Waals surface area contributed by atoms with E-state index in [9.17, 15) is 9.90 Å². The molecular weight excluding hydrogens is 446 g/mol. The molecular formula is C24H21N9O2. The summed E-state index contributed by atoms with van der Waals surface area (Å²) in [5, 5.41) is 23.1. The van der Waals surface area contributed by atoms with Gasteiger partial charge < -0.3 is 15.3 Å². The highest BCUT2D eigenvalue weighted by Gasteiger charge is 2.45. The largest absolute Gasteiger partial charge is 0.375 e. The Bertz CT molecular complexity index is 1560. The van der Waals surface area contributed by atoms with Crippen molar-refractivity contribution in [3.63, 3.8) is 0 Å². The number of carbonyl (C=O) groups is 1. The number of rotatable bonds is 5. The molecule has 0 bridgehead atoms. The molecule has 1 aliphatic heterocycles. The van der Waals surface area contributed by atoms with E-state index in [1.165, 1.54) is 11.1 Å². The van der Waals surface area contributed by atoms with Gasteiger partial charge in [-0.1, -0.05) is 6.07 Å². The van der Waals surface area contributed by atoms with Gasteiger partial charge in [0.05, 0.1) is 23.1 Å². The fraction of sp³-hybridized carbons (Fsp3) is 0.167. The van der Waals surface area contributed by atoms with Crippen LogP contribution in [0.25, 0.3) is 22.6 Å². The third-order valence-electron chi connectivity index (χ3n) is 6.16. The number of carbonyl (C=O) groups excluding carboxylic acids is 1. The van der Waals surface area contributed by atoms with Crippen molar-refractivity contribution in [2.75, 3.05) is 18.9 Å². The number of anilines is 2. The molecule has 174 valence electrons. The second kappa shape index (κ2) is 7.99. The molecule has 0 unspecified atom stereocenters. The lowest BCUT2D eigenvalue weighted by Crippen LogP contribution is -2.36. The van der Waals surface area contributed by atoms with Crippen molar-refractivity contribution < 1.29 is 9.90 Å². The number of likely N-dealkylation sites (N-methyl/N-ethyl adjacent to an activating group) is 1. The number of pyridine rings is 2. The number of nitrogens with zero attached hydrogens (tertiary/aromatic N) is 8. The average Bonchev–Trinajstić information content (AvgIpc) is 3.61. The van der Waals surface area contributed by atoms with Crippen LogP contribution in [0.5, 0.6) is 0 Å². The van der Waals surface area contributed by atoms with Gasteiger partial charge in [0, 0.05) is 68.2 Å². The summed E-state index contributed by atoms with van der Waals surface area (Å²) in [6.07, 6.45) is 10.5. The topological polar surface area (TPSA) is 126 Å². The Kier molecular flexibility index (Phi) is 4.78. The van der Waals surface area contributed by atoms with Crippen LogP contribution in [0.3, 0.4) is 0 Å². The first-order chi connectivity index (χ1) is 17.0. The summed E-state index contributed by atoms with van der Waals surface area (Å²) in [4.78, 5) is 27.1. The van der Waals surface area contributed by atoms with Crippen molar-refractivity contribution in [2.45, 2.75) is 12.0 Å². The van der Waals surface area contributed by atoms with E-state index in [1.54, 1.807) is 53.2 Å². The van der Waals surface area contributed by atoms with E-state index in [1.807, 2.05) is 30.5 Å². The Labute approximate surface area is 199 Å². The minimum absolute atomic E-state index is 0.325. The first-order valence-corrected chi connectivity index (χ1v) is 11.0. The highest BCUT2D eigenvalue weighted by molar-refractivity contribution is 5.88. The van der Waals surface area contributed by atoms with Gasteiger partial charge in [-0.15, -0.1) is 0 Å². The molecule has 1 saturated heterocycles. The van der Waals surface area contributed by atoms with Crippen LogP contribution in [0.15, 0.2) is 73.6 Å². The molecule has 1 fully saturated rings. The van der Waals surface area contributed by atoms with Crippen LogP contribution in [0, 0.1) is 0 Å². The molecule has 0 radical (unpaired) electrons. The van der Waals surface area contributed by atoms with E-state index in [0.29, 0.717) is 41.6 Å². The van der Waals surface area contributed by atoms with Gasteiger partial charge in [-0.25, -0.2) is 14.2 Å². The van der Waals surface area contributed by atoms with Gasteiger partial charge in [-0.3, -0.25) is 9.78 Å². The number of aliphatic hydroxyl groups is 1. The lowest BCUT2D eigenvalue weighted by Gasteiger charge is -2.21. The van der Waals surface area contributed by atoms with Crippen LogP contribution in [0.2, 0.25) is 0 Å². The summed E-state index contributed by atoms with van der Waals surface area (Å²) in [6, 6.07) is 11.1. The SMILES string of the molecule is CN1CC[C@](O)(c2cncc(-c3ccn(-c4ccnc(Nc5cnn6ccccc56)n4)n3)c2)C1=O. The highest BCUT2D eigenvalue weighted by atomic mass is 16.3. The molecule has 11 heteroatoms. The van der Waals surface area contributed by atoms with Crippen molar-refractivity contribution in [3.05, 3.63) is 79.1 Å². The van der Waals surface area contributed by atoms with E-state index in [0.717, 1.165) is 11.2 Å². The first-order valence-electron chi connectivity index (χ1n) is 11.0. The van der Waals surface area contributed by atoms with E-state index in [2.05, 4.69) is 30.5 Å². The molecule has 1 amide bonds. The molecule has 35 heavy (non-hydrogen) atoms. The van der Waals surface area contributed by atoms with Crippen molar-refractivity contribution >= 4 is 23.1 Å². The first kappa shape index (κ1) is 20.9. The molecule has 2 N–H and O–H groups in total. The lowest BCUT2D eigenvalue weighted by atomic mass is 9.92. The molecule has 0 saturated carbocycles. The second-order valence-electron chi connectivity index (χ2n) is 8.40. The third-order valence-corrected chi connectivity index (χ3v) is 6.16. The van der Waals surface area contributed by atoms with Gasteiger partial charge in [-0.05, 0) is 24.3 Å². The number of fused-ring (bicyclic) bond motifs is 1. The van der Waals surface area contributed by atoms with Crippen LogP contribution in [0.4, 0.5) is 11.6 Å². The Hall–Kier alpha value is -4.64. The monoisotopic (exact) mass is 467 g/mol. The minimum Gasteiger partial charge on any atom is -0.375 e. The number of hydrogen-bond acceptors (Lipinski definition) is 8.